The molecule has 0 aromatic heterocycles. The third-order valence-electron chi connectivity index (χ3n) is 3.09. The molecule has 0 atom stereocenters. The first-order chi connectivity index (χ1) is 9.36. The molecule has 1 aliphatic heterocycles. The van der Waals surface area contributed by atoms with E-state index in [1.165, 1.54) is 24.2 Å². The first-order valence-corrected chi connectivity index (χ1v) is 8.45. The molecule has 118 valence electrons. The van der Waals surface area contributed by atoms with Gasteiger partial charge in [0.25, 0.3) is 0 Å². The fourth-order valence-corrected chi connectivity index (χ4v) is 2.43. The van der Waals surface area contributed by atoms with Crippen LogP contribution >= 0.6 is 35.7 Å². The number of hydrogen-bond donors (Lipinski definition) is 2. The molecule has 2 N–H and O–H groups in total. The summed E-state index contributed by atoms with van der Waals surface area (Å²) in [6, 6.07) is 0. The van der Waals surface area contributed by atoms with Gasteiger partial charge < -0.3 is 15.4 Å². The van der Waals surface area contributed by atoms with E-state index < -0.39 is 0 Å². The number of rotatable bonds is 8. The summed E-state index contributed by atoms with van der Waals surface area (Å²) in [5, 5.41) is 6.71. The van der Waals surface area contributed by atoms with Crippen molar-refractivity contribution in [2.75, 3.05) is 45.4 Å². The van der Waals surface area contributed by atoms with Crippen LogP contribution in [0.1, 0.15) is 25.7 Å². The van der Waals surface area contributed by atoms with E-state index in [4.69, 9.17) is 4.74 Å². The quantitative estimate of drug-likeness (QED) is 0.211. The van der Waals surface area contributed by atoms with Gasteiger partial charge in [-0.3, -0.25) is 4.99 Å². The Bertz CT molecular complexity index is 298. The van der Waals surface area contributed by atoms with Gasteiger partial charge in [0.2, 0.25) is 0 Å². The molecule has 0 bridgehead atoms. The molecule has 1 rings (SSSR count). The second-order valence-corrected chi connectivity index (χ2v) is 5.55. The number of hydrogen-bond acceptors (Lipinski definition) is 3. The molecule has 0 spiro atoms. The summed E-state index contributed by atoms with van der Waals surface area (Å²) in [4.78, 5) is 4.23. The fraction of sp³-hybridized carbons (Fsp3) is 0.786. The summed E-state index contributed by atoms with van der Waals surface area (Å²) in [6.45, 7) is 3.58. The van der Waals surface area contributed by atoms with Gasteiger partial charge in [0.1, 0.15) is 0 Å². The van der Waals surface area contributed by atoms with Gasteiger partial charge in [-0.05, 0) is 37.7 Å². The summed E-state index contributed by atoms with van der Waals surface area (Å²) >= 11 is 1.91. The Morgan fingerprint density at radius 3 is 2.80 bits per heavy atom. The summed E-state index contributed by atoms with van der Waals surface area (Å²) in [7, 11) is 1.82. The summed E-state index contributed by atoms with van der Waals surface area (Å²) in [5.74, 6) is 2.15. The van der Waals surface area contributed by atoms with Crippen molar-refractivity contribution in [3.63, 3.8) is 0 Å². The van der Waals surface area contributed by atoms with Crippen molar-refractivity contribution < 1.29 is 4.74 Å². The second-order valence-electron chi connectivity index (χ2n) is 4.56. The summed E-state index contributed by atoms with van der Waals surface area (Å²) < 4.78 is 5.30. The lowest BCUT2D eigenvalue weighted by atomic mass is 10.1. The lowest BCUT2D eigenvalue weighted by Gasteiger charge is -2.15. The first-order valence-electron chi connectivity index (χ1n) is 7.06. The number of guanidine groups is 1. The minimum atomic E-state index is 0. The normalized spacial score (nSPS) is 15.3. The number of thioether (sulfide) groups is 1. The van der Waals surface area contributed by atoms with Gasteiger partial charge in [-0.2, -0.15) is 11.8 Å². The Hall–Kier alpha value is 0.0500. The summed E-state index contributed by atoms with van der Waals surface area (Å²) in [5.41, 5.74) is 1.49. The number of nitrogens with zero attached hydrogens (tertiary/aromatic N) is 1. The van der Waals surface area contributed by atoms with Crippen molar-refractivity contribution in [3.05, 3.63) is 11.6 Å². The zero-order valence-electron chi connectivity index (χ0n) is 12.6. The van der Waals surface area contributed by atoms with E-state index in [1.807, 2.05) is 18.8 Å². The van der Waals surface area contributed by atoms with Crippen LogP contribution in [-0.2, 0) is 4.74 Å². The number of unbranched alkanes of at least 4 members (excludes halogenated alkanes) is 1. The predicted octanol–water partition coefficient (Wildman–Crippen LogP) is 2.65. The molecule has 6 heteroatoms. The van der Waals surface area contributed by atoms with Crippen molar-refractivity contribution in [3.8, 4) is 0 Å². The predicted molar refractivity (Wildman–Crippen MR) is 101 cm³/mol. The van der Waals surface area contributed by atoms with Gasteiger partial charge in [-0.15, -0.1) is 24.0 Å². The zero-order valence-corrected chi connectivity index (χ0v) is 15.8. The van der Waals surface area contributed by atoms with Gasteiger partial charge in [-0.1, -0.05) is 11.6 Å². The van der Waals surface area contributed by atoms with Gasteiger partial charge in [0.15, 0.2) is 5.96 Å². The van der Waals surface area contributed by atoms with Gasteiger partial charge in [0.05, 0.1) is 13.2 Å². The number of ether oxygens (including phenoxy) is 1. The zero-order chi connectivity index (χ0) is 13.8. The van der Waals surface area contributed by atoms with E-state index in [2.05, 4.69) is 28.0 Å². The fourth-order valence-electron chi connectivity index (χ4n) is 1.93. The molecular formula is C14H28IN3OS. The van der Waals surface area contributed by atoms with E-state index in [-0.39, 0.29) is 24.0 Å². The van der Waals surface area contributed by atoms with Gasteiger partial charge in [-0.25, -0.2) is 0 Å². The molecule has 0 aliphatic carbocycles. The largest absolute Gasteiger partial charge is 0.377 e. The van der Waals surface area contributed by atoms with Crippen molar-refractivity contribution >= 4 is 41.7 Å². The van der Waals surface area contributed by atoms with Crippen LogP contribution in [0.4, 0.5) is 0 Å². The molecule has 0 amide bonds. The van der Waals surface area contributed by atoms with E-state index in [9.17, 15) is 0 Å². The van der Waals surface area contributed by atoms with Crippen LogP contribution in [0.25, 0.3) is 0 Å². The Labute approximate surface area is 144 Å². The molecule has 4 nitrogen and oxygen atoms in total. The maximum absolute atomic E-state index is 5.30. The van der Waals surface area contributed by atoms with Crippen molar-refractivity contribution in [2.24, 2.45) is 4.99 Å². The molecule has 1 heterocycles. The highest BCUT2D eigenvalue weighted by atomic mass is 127. The molecule has 1 aliphatic rings. The smallest absolute Gasteiger partial charge is 0.190 e. The standard InChI is InChI=1S/C14H27N3OS.HI/c1-15-14(16-8-3-4-12-19-2)17-9-5-13-6-10-18-11-7-13;/h6H,3-5,7-12H2,1-2H3,(H2,15,16,17);1H. The van der Waals surface area contributed by atoms with Gasteiger partial charge in [0, 0.05) is 20.1 Å². The van der Waals surface area contributed by atoms with E-state index in [1.54, 1.807) is 0 Å². The maximum atomic E-state index is 5.30. The molecule has 0 aromatic rings. The average molecular weight is 413 g/mol. The van der Waals surface area contributed by atoms with Crippen molar-refractivity contribution in [1.29, 1.82) is 0 Å². The van der Waals surface area contributed by atoms with Crippen LogP contribution in [0.5, 0.6) is 0 Å². The molecule has 0 saturated carbocycles. The minimum Gasteiger partial charge on any atom is -0.377 e. The first kappa shape index (κ1) is 20.1. The average Bonchev–Trinajstić information content (AvgIpc) is 2.46. The third kappa shape index (κ3) is 9.88. The Kier molecular flexibility index (Phi) is 14.0. The van der Waals surface area contributed by atoms with E-state index >= 15 is 0 Å². The monoisotopic (exact) mass is 413 g/mol. The molecule has 0 unspecified atom stereocenters. The SMILES string of the molecule is CN=C(NCCCCSC)NCCC1=CCOCC1.I. The maximum Gasteiger partial charge on any atom is 0.190 e. The van der Waals surface area contributed by atoms with Crippen LogP contribution in [-0.4, -0.2) is 51.3 Å². The Balaban J connectivity index is 0.00000361. The molecule has 0 aromatic carbocycles. The van der Waals surface area contributed by atoms with Crippen molar-refractivity contribution in [2.45, 2.75) is 25.7 Å². The molecule has 0 fully saturated rings. The highest BCUT2D eigenvalue weighted by Crippen LogP contribution is 2.10. The van der Waals surface area contributed by atoms with Gasteiger partial charge >= 0.3 is 0 Å². The van der Waals surface area contributed by atoms with E-state index in [0.717, 1.165) is 45.1 Å². The topological polar surface area (TPSA) is 45.7 Å². The second kappa shape index (κ2) is 14.0. The van der Waals surface area contributed by atoms with Crippen LogP contribution in [0.2, 0.25) is 0 Å². The highest BCUT2D eigenvalue weighted by molar-refractivity contribution is 14.0. The minimum absolute atomic E-state index is 0. The molecular weight excluding hydrogens is 385 g/mol. The number of aliphatic imine (C=N–C) groups is 1. The molecule has 20 heavy (non-hydrogen) atoms. The van der Waals surface area contributed by atoms with Crippen LogP contribution < -0.4 is 10.6 Å². The van der Waals surface area contributed by atoms with E-state index in [0.29, 0.717) is 0 Å². The summed E-state index contributed by atoms with van der Waals surface area (Å²) in [6.07, 6.45) is 8.96. The lowest BCUT2D eigenvalue weighted by Crippen LogP contribution is -2.38. The lowest BCUT2D eigenvalue weighted by molar-refractivity contribution is 0.153. The van der Waals surface area contributed by atoms with Crippen LogP contribution in [0.3, 0.4) is 0 Å². The van der Waals surface area contributed by atoms with Crippen LogP contribution in [0, 0.1) is 0 Å². The van der Waals surface area contributed by atoms with Crippen molar-refractivity contribution in [1.82, 2.24) is 10.6 Å². The molecule has 0 saturated heterocycles. The Morgan fingerprint density at radius 1 is 1.35 bits per heavy atom. The van der Waals surface area contributed by atoms with Crippen LogP contribution in [0.15, 0.2) is 16.6 Å². The Morgan fingerprint density at radius 2 is 2.15 bits per heavy atom. The number of halogens is 1. The third-order valence-corrected chi connectivity index (χ3v) is 3.78. The number of nitrogens with one attached hydrogen (secondary N) is 2. The highest BCUT2D eigenvalue weighted by Gasteiger charge is 2.03. The molecule has 0 radical (unpaired) electrons.